The van der Waals surface area contributed by atoms with Gasteiger partial charge < -0.3 is 5.73 Å². The van der Waals surface area contributed by atoms with Crippen molar-refractivity contribution in [3.05, 3.63) is 69.1 Å². The molecule has 31 heavy (non-hydrogen) atoms. The summed E-state index contributed by atoms with van der Waals surface area (Å²) in [6, 6.07) is 10.3. The lowest BCUT2D eigenvalue weighted by Gasteiger charge is -2.43. The second-order valence-corrected chi connectivity index (χ2v) is 10.8. The lowest BCUT2D eigenvalue weighted by Crippen LogP contribution is -2.42. The third-order valence-corrected chi connectivity index (χ3v) is 7.75. The molecule has 4 rings (SSSR count). The van der Waals surface area contributed by atoms with Crippen LogP contribution in [0.5, 0.6) is 0 Å². The Balaban J connectivity index is 1.98. The predicted octanol–water partition coefficient (Wildman–Crippen LogP) is 5.94. The van der Waals surface area contributed by atoms with Crippen molar-refractivity contribution in [2.75, 3.05) is 10.7 Å². The minimum Gasteiger partial charge on any atom is -0.384 e. The zero-order valence-corrected chi connectivity index (χ0v) is 19.4. The van der Waals surface area contributed by atoms with Crippen LogP contribution in [0.2, 0.25) is 0 Å². The molecule has 0 spiro atoms. The molecule has 2 heterocycles. The second kappa shape index (κ2) is 8.18. The highest BCUT2D eigenvalue weighted by atomic mass is 32.2. The molecule has 0 saturated carbocycles. The molecule has 2 N–H and O–H groups in total. The third kappa shape index (κ3) is 3.79. The van der Waals surface area contributed by atoms with E-state index in [1.54, 1.807) is 40.1 Å². The number of thioether (sulfide) groups is 1. The van der Waals surface area contributed by atoms with Gasteiger partial charge in [0, 0.05) is 33.2 Å². The van der Waals surface area contributed by atoms with Gasteiger partial charge in [0.15, 0.2) is 5.78 Å². The number of allylic oxidation sites excluding steroid dienone is 3. The summed E-state index contributed by atoms with van der Waals surface area (Å²) in [6.45, 7) is 6.21. The van der Waals surface area contributed by atoms with E-state index in [1.807, 2.05) is 11.4 Å². The molecule has 0 fully saturated rings. The zero-order chi connectivity index (χ0) is 22.3. The summed E-state index contributed by atoms with van der Waals surface area (Å²) in [5, 5.41) is 12.1. The van der Waals surface area contributed by atoms with E-state index >= 15 is 0 Å². The number of carbonyl (C=O) groups excluding carboxylic acids is 1. The number of hydrogen-bond donors (Lipinski definition) is 1. The highest BCUT2D eigenvalue weighted by molar-refractivity contribution is 7.99. The first-order valence-corrected chi connectivity index (χ1v) is 12.1. The minimum atomic E-state index is -0.464. The van der Waals surface area contributed by atoms with Crippen LogP contribution in [0.3, 0.4) is 0 Å². The van der Waals surface area contributed by atoms with Gasteiger partial charge in [-0.25, -0.2) is 4.39 Å². The number of nitrogens with two attached hydrogens (primary N) is 1. The number of carbonyl (C=O) groups is 1. The van der Waals surface area contributed by atoms with Crippen molar-refractivity contribution < 1.29 is 9.18 Å². The molecular weight excluding hydrogens is 429 g/mol. The van der Waals surface area contributed by atoms with Crippen molar-refractivity contribution in [2.45, 2.75) is 44.4 Å². The number of ketones is 1. The van der Waals surface area contributed by atoms with Crippen molar-refractivity contribution in [2.24, 2.45) is 11.1 Å². The monoisotopic (exact) mass is 453 g/mol. The quantitative estimate of drug-likeness (QED) is 0.580. The number of nitrogens with zero attached hydrogens (tertiary/aromatic N) is 2. The standard InChI is InChI=1S/C24H24FN3OS2/c1-4-30-19-9-10-31-22(19)20-16(13-26)23(27)28(15-7-5-14(25)6-8-15)17-11-24(2,3)12-18(29)21(17)20/h5-10,20H,4,11-12,27H2,1-3H3. The van der Waals surface area contributed by atoms with Gasteiger partial charge in [0.05, 0.1) is 17.6 Å². The smallest absolute Gasteiger partial charge is 0.162 e. The third-order valence-electron chi connectivity index (χ3n) is 5.69. The average Bonchev–Trinajstić information content (AvgIpc) is 3.15. The zero-order valence-electron chi connectivity index (χ0n) is 17.7. The first-order valence-electron chi connectivity index (χ1n) is 10.2. The summed E-state index contributed by atoms with van der Waals surface area (Å²) in [4.78, 5) is 17.4. The molecule has 1 aromatic carbocycles. The number of benzene rings is 1. The van der Waals surface area contributed by atoms with Crippen molar-refractivity contribution in [3.63, 3.8) is 0 Å². The van der Waals surface area contributed by atoms with E-state index in [0.717, 1.165) is 21.2 Å². The fraction of sp³-hybridized carbons (Fsp3) is 0.333. The molecule has 160 valence electrons. The van der Waals surface area contributed by atoms with Crippen molar-refractivity contribution in [1.82, 2.24) is 0 Å². The molecular formula is C24H24FN3OS2. The molecule has 0 radical (unpaired) electrons. The summed E-state index contributed by atoms with van der Waals surface area (Å²) in [5.41, 5.74) is 8.86. The number of hydrogen-bond acceptors (Lipinski definition) is 6. The summed E-state index contributed by atoms with van der Waals surface area (Å²) in [7, 11) is 0. The van der Waals surface area contributed by atoms with E-state index < -0.39 is 5.92 Å². The summed E-state index contributed by atoms with van der Waals surface area (Å²) >= 11 is 3.26. The molecule has 4 nitrogen and oxygen atoms in total. The molecule has 1 aliphatic heterocycles. The number of nitriles is 1. The highest BCUT2D eigenvalue weighted by Crippen LogP contribution is 2.52. The van der Waals surface area contributed by atoms with Gasteiger partial charge in [0.1, 0.15) is 11.6 Å². The summed E-state index contributed by atoms with van der Waals surface area (Å²) in [6.07, 6.45) is 1.06. The maximum absolute atomic E-state index is 13.6. The predicted molar refractivity (Wildman–Crippen MR) is 124 cm³/mol. The molecule has 1 aliphatic carbocycles. The summed E-state index contributed by atoms with van der Waals surface area (Å²) in [5.74, 6) is 0.436. The van der Waals surface area contributed by atoms with Gasteiger partial charge in [-0.3, -0.25) is 9.69 Å². The van der Waals surface area contributed by atoms with Crippen LogP contribution in [0.15, 0.2) is 63.3 Å². The first kappa shape index (κ1) is 21.7. The Morgan fingerprint density at radius 2 is 2.00 bits per heavy atom. The Labute approximate surface area is 190 Å². The molecule has 7 heteroatoms. The van der Waals surface area contributed by atoms with E-state index in [0.29, 0.717) is 35.5 Å². The lowest BCUT2D eigenvalue weighted by atomic mass is 9.69. The maximum atomic E-state index is 13.6. The van der Waals surface area contributed by atoms with E-state index in [2.05, 4.69) is 26.8 Å². The van der Waals surface area contributed by atoms with E-state index in [9.17, 15) is 14.4 Å². The van der Waals surface area contributed by atoms with Gasteiger partial charge in [-0.2, -0.15) is 5.26 Å². The number of Topliss-reactive ketones (excluding diaryl/α,β-unsaturated/α-hetero) is 1. The van der Waals surface area contributed by atoms with Crippen LogP contribution >= 0.6 is 23.1 Å². The summed E-state index contributed by atoms with van der Waals surface area (Å²) < 4.78 is 13.6. The van der Waals surface area contributed by atoms with Crippen LogP contribution in [-0.2, 0) is 4.79 Å². The Hall–Kier alpha value is -2.56. The van der Waals surface area contributed by atoms with Crippen LogP contribution < -0.4 is 10.6 Å². The fourth-order valence-electron chi connectivity index (χ4n) is 4.45. The Morgan fingerprint density at radius 3 is 2.65 bits per heavy atom. The molecule has 1 unspecified atom stereocenters. The number of anilines is 1. The minimum absolute atomic E-state index is 0.0458. The number of rotatable bonds is 4. The van der Waals surface area contributed by atoms with Gasteiger partial charge >= 0.3 is 0 Å². The van der Waals surface area contributed by atoms with Gasteiger partial charge in [-0.15, -0.1) is 23.1 Å². The molecule has 2 aliphatic rings. The number of halogens is 1. The van der Waals surface area contributed by atoms with Crippen LogP contribution in [0.4, 0.5) is 10.1 Å². The Bertz CT molecular complexity index is 1140. The lowest BCUT2D eigenvalue weighted by molar-refractivity contribution is -0.118. The maximum Gasteiger partial charge on any atom is 0.162 e. The van der Waals surface area contributed by atoms with Crippen LogP contribution in [0.1, 0.15) is 44.4 Å². The molecule has 0 amide bonds. The van der Waals surface area contributed by atoms with Crippen molar-refractivity contribution in [3.8, 4) is 6.07 Å². The molecule has 0 saturated heterocycles. The van der Waals surface area contributed by atoms with Gasteiger partial charge in [-0.1, -0.05) is 20.8 Å². The average molecular weight is 454 g/mol. The van der Waals surface area contributed by atoms with Gasteiger partial charge in [-0.05, 0) is 53.3 Å². The number of thiophene rings is 1. The molecule has 0 bridgehead atoms. The van der Waals surface area contributed by atoms with E-state index in [-0.39, 0.29) is 17.0 Å². The van der Waals surface area contributed by atoms with Crippen molar-refractivity contribution >= 4 is 34.6 Å². The van der Waals surface area contributed by atoms with Crippen LogP contribution in [0.25, 0.3) is 0 Å². The van der Waals surface area contributed by atoms with Crippen LogP contribution in [0, 0.1) is 22.6 Å². The SMILES string of the molecule is CCSc1ccsc1C1C(C#N)=C(N)N(c2ccc(F)cc2)C2=C1C(=O)CC(C)(C)C2. The van der Waals surface area contributed by atoms with Gasteiger partial charge in [0.2, 0.25) is 0 Å². The topological polar surface area (TPSA) is 70.1 Å². The highest BCUT2D eigenvalue weighted by Gasteiger charge is 2.45. The fourth-order valence-corrected chi connectivity index (χ4v) is 6.50. The largest absolute Gasteiger partial charge is 0.384 e. The first-order chi connectivity index (χ1) is 14.8. The Morgan fingerprint density at radius 1 is 1.29 bits per heavy atom. The van der Waals surface area contributed by atoms with E-state index in [1.165, 1.54) is 12.1 Å². The molecule has 1 aromatic heterocycles. The van der Waals surface area contributed by atoms with Gasteiger partial charge in [0.25, 0.3) is 0 Å². The van der Waals surface area contributed by atoms with Crippen molar-refractivity contribution in [1.29, 1.82) is 5.26 Å². The van der Waals surface area contributed by atoms with E-state index in [4.69, 9.17) is 5.73 Å². The second-order valence-electron chi connectivity index (χ2n) is 8.54. The van der Waals surface area contributed by atoms with Crippen LogP contribution in [-0.4, -0.2) is 11.5 Å². The molecule has 1 atom stereocenters. The Kier molecular flexibility index (Phi) is 5.71. The normalized spacial score (nSPS) is 20.7. The molecule has 2 aromatic rings.